The zero-order valence-corrected chi connectivity index (χ0v) is 16.8. The number of hydrogen-bond acceptors (Lipinski definition) is 6. The number of sulfone groups is 1. The molecule has 1 aliphatic heterocycles. The van der Waals surface area contributed by atoms with E-state index in [1.807, 2.05) is 0 Å². The number of benzene rings is 2. The second-order valence-corrected chi connectivity index (χ2v) is 8.91. The number of rotatable bonds is 6. The van der Waals surface area contributed by atoms with Gasteiger partial charge in [-0.3, -0.25) is 0 Å². The summed E-state index contributed by atoms with van der Waals surface area (Å²) in [4.78, 5) is 4.14. The molecule has 0 radical (unpaired) electrons. The van der Waals surface area contributed by atoms with Gasteiger partial charge in [-0.1, -0.05) is 23.7 Å². The number of ether oxygens (including phenoxy) is 1. The van der Waals surface area contributed by atoms with E-state index in [2.05, 4.69) is 10.3 Å². The van der Waals surface area contributed by atoms with Crippen molar-refractivity contribution in [3.05, 3.63) is 59.4 Å². The molecule has 0 bridgehead atoms. The Bertz CT molecular complexity index is 1110. The summed E-state index contributed by atoms with van der Waals surface area (Å²) < 4.78 is 51.7. The predicted octanol–water partition coefficient (Wildman–Crippen LogP) is 4.56. The average molecular weight is 437 g/mol. The van der Waals surface area contributed by atoms with Crippen LogP contribution in [0.4, 0.5) is 10.3 Å². The molecule has 1 N–H and O–H groups in total. The van der Waals surface area contributed by atoms with E-state index in [0.29, 0.717) is 18.2 Å². The molecule has 4 rings (SSSR count). The van der Waals surface area contributed by atoms with Crippen LogP contribution < -0.4 is 5.32 Å². The Labute approximate surface area is 172 Å². The third-order valence-electron chi connectivity index (χ3n) is 4.59. The van der Waals surface area contributed by atoms with E-state index in [1.165, 1.54) is 42.5 Å². The van der Waals surface area contributed by atoms with Crippen LogP contribution >= 0.6 is 11.6 Å². The van der Waals surface area contributed by atoms with Crippen molar-refractivity contribution >= 4 is 27.3 Å². The maximum Gasteiger partial charge on any atom is 0.233 e. The maximum absolute atomic E-state index is 14.2. The van der Waals surface area contributed by atoms with Crippen LogP contribution in [0.5, 0.6) is 0 Å². The van der Waals surface area contributed by atoms with Crippen molar-refractivity contribution in [3.8, 4) is 11.5 Å². The molecule has 0 amide bonds. The summed E-state index contributed by atoms with van der Waals surface area (Å²) in [5.41, 5.74) is 0.0743. The Morgan fingerprint density at radius 1 is 1.17 bits per heavy atom. The fourth-order valence-electron chi connectivity index (χ4n) is 3.09. The van der Waals surface area contributed by atoms with Gasteiger partial charge in [0.05, 0.1) is 16.6 Å². The number of aromatic nitrogens is 1. The Balaban J connectivity index is 1.75. The molecular formula is C20H18ClFN2O4S. The van der Waals surface area contributed by atoms with E-state index in [-0.39, 0.29) is 33.4 Å². The lowest BCUT2D eigenvalue weighted by molar-refractivity contribution is 0.120. The number of halogens is 2. The first kappa shape index (κ1) is 19.9. The van der Waals surface area contributed by atoms with Gasteiger partial charge < -0.3 is 14.5 Å². The van der Waals surface area contributed by atoms with Gasteiger partial charge in [0.2, 0.25) is 26.6 Å². The Morgan fingerprint density at radius 2 is 1.93 bits per heavy atom. The van der Waals surface area contributed by atoms with E-state index in [9.17, 15) is 12.8 Å². The van der Waals surface area contributed by atoms with Gasteiger partial charge in [-0.05, 0) is 49.2 Å². The number of nitrogens with zero attached hydrogens (tertiary/aromatic N) is 1. The molecule has 1 fully saturated rings. The lowest BCUT2D eigenvalue weighted by atomic mass is 10.2. The molecule has 1 aliphatic rings. The molecule has 1 unspecified atom stereocenters. The number of oxazole rings is 1. The summed E-state index contributed by atoms with van der Waals surface area (Å²) in [5, 5.41) is 3.07. The molecule has 2 aromatic carbocycles. The minimum absolute atomic E-state index is 0.00968. The van der Waals surface area contributed by atoms with Crippen LogP contribution in [0.1, 0.15) is 12.8 Å². The van der Waals surface area contributed by atoms with Crippen LogP contribution in [-0.2, 0) is 14.6 Å². The Hall–Kier alpha value is -2.42. The molecule has 29 heavy (non-hydrogen) atoms. The van der Waals surface area contributed by atoms with Crippen molar-refractivity contribution in [3.63, 3.8) is 0 Å². The normalized spacial score (nSPS) is 16.8. The summed E-state index contributed by atoms with van der Waals surface area (Å²) in [6, 6.07) is 11.6. The zero-order chi connectivity index (χ0) is 20.4. The zero-order valence-electron chi connectivity index (χ0n) is 15.3. The van der Waals surface area contributed by atoms with Gasteiger partial charge in [0.15, 0.2) is 0 Å². The molecule has 0 spiro atoms. The SMILES string of the molecule is O=S(=O)(c1ccc(Cl)cc1)c1nc(-c2ccccc2F)oc1NCC1CCCO1. The highest BCUT2D eigenvalue weighted by atomic mass is 35.5. The van der Waals surface area contributed by atoms with Gasteiger partial charge >= 0.3 is 0 Å². The fourth-order valence-corrected chi connectivity index (χ4v) is 4.49. The van der Waals surface area contributed by atoms with Crippen LogP contribution in [0.3, 0.4) is 0 Å². The van der Waals surface area contributed by atoms with E-state index in [4.69, 9.17) is 20.8 Å². The molecule has 1 atom stereocenters. The topological polar surface area (TPSA) is 81.4 Å². The van der Waals surface area contributed by atoms with Gasteiger partial charge in [0, 0.05) is 18.2 Å². The van der Waals surface area contributed by atoms with Gasteiger partial charge in [-0.25, -0.2) is 12.8 Å². The molecule has 0 aliphatic carbocycles. The first-order valence-electron chi connectivity index (χ1n) is 9.07. The third-order valence-corrected chi connectivity index (χ3v) is 6.52. The van der Waals surface area contributed by atoms with Crippen molar-refractivity contribution in [1.29, 1.82) is 0 Å². The Kier molecular flexibility index (Phi) is 5.58. The summed E-state index contributed by atoms with van der Waals surface area (Å²) >= 11 is 5.87. The highest BCUT2D eigenvalue weighted by Gasteiger charge is 2.30. The average Bonchev–Trinajstić information content (AvgIpc) is 3.37. The molecule has 0 saturated carbocycles. The van der Waals surface area contributed by atoms with Crippen LogP contribution in [0.15, 0.2) is 62.9 Å². The number of anilines is 1. The van der Waals surface area contributed by atoms with Crippen molar-refractivity contribution < 1.29 is 22.0 Å². The lowest BCUT2D eigenvalue weighted by Gasteiger charge is -2.10. The Morgan fingerprint density at radius 3 is 2.62 bits per heavy atom. The molecule has 1 aromatic heterocycles. The van der Waals surface area contributed by atoms with Crippen LogP contribution in [0, 0.1) is 5.82 Å². The van der Waals surface area contributed by atoms with Gasteiger partial charge in [-0.15, -0.1) is 0 Å². The smallest absolute Gasteiger partial charge is 0.233 e. The first-order valence-corrected chi connectivity index (χ1v) is 10.9. The maximum atomic E-state index is 14.2. The molecule has 1 saturated heterocycles. The number of hydrogen-bond donors (Lipinski definition) is 1. The van der Waals surface area contributed by atoms with Crippen molar-refractivity contribution in [2.75, 3.05) is 18.5 Å². The van der Waals surface area contributed by atoms with Crippen molar-refractivity contribution in [2.24, 2.45) is 0 Å². The second-order valence-electron chi connectivity index (χ2n) is 6.61. The monoisotopic (exact) mass is 436 g/mol. The second kappa shape index (κ2) is 8.14. The summed E-state index contributed by atoms with van der Waals surface area (Å²) in [7, 11) is -4.02. The molecule has 3 aromatic rings. The molecule has 152 valence electrons. The van der Waals surface area contributed by atoms with Gasteiger partial charge in [-0.2, -0.15) is 4.98 Å². The van der Waals surface area contributed by atoms with E-state index in [1.54, 1.807) is 6.07 Å². The standard InChI is InChI=1S/C20H18ClFN2O4S/c21-13-7-9-15(10-8-13)29(25,26)20-19(23-12-14-4-3-11-27-14)28-18(24-20)16-5-1-2-6-17(16)22/h1-2,5-10,14,23H,3-4,11-12H2. The van der Waals surface area contributed by atoms with Gasteiger partial charge in [0.25, 0.3) is 0 Å². The fraction of sp³-hybridized carbons (Fsp3) is 0.250. The minimum Gasteiger partial charge on any atom is -0.419 e. The van der Waals surface area contributed by atoms with Gasteiger partial charge in [0.1, 0.15) is 5.82 Å². The van der Waals surface area contributed by atoms with Crippen LogP contribution in [0.25, 0.3) is 11.5 Å². The summed E-state index contributed by atoms with van der Waals surface area (Å²) in [5.74, 6) is -0.728. The van der Waals surface area contributed by atoms with Crippen LogP contribution in [-0.4, -0.2) is 32.7 Å². The largest absolute Gasteiger partial charge is 0.419 e. The van der Waals surface area contributed by atoms with E-state index in [0.717, 1.165) is 12.8 Å². The first-order chi connectivity index (χ1) is 13.9. The van der Waals surface area contributed by atoms with E-state index < -0.39 is 15.7 Å². The highest BCUT2D eigenvalue weighted by Crippen LogP contribution is 2.33. The molecule has 6 nitrogen and oxygen atoms in total. The van der Waals surface area contributed by atoms with E-state index >= 15 is 0 Å². The van der Waals surface area contributed by atoms with Crippen molar-refractivity contribution in [2.45, 2.75) is 28.9 Å². The quantitative estimate of drug-likeness (QED) is 0.610. The highest BCUT2D eigenvalue weighted by molar-refractivity contribution is 7.91. The summed E-state index contributed by atoms with van der Waals surface area (Å²) in [6.07, 6.45) is 1.75. The predicted molar refractivity (Wildman–Crippen MR) is 106 cm³/mol. The van der Waals surface area contributed by atoms with Crippen LogP contribution in [0.2, 0.25) is 5.02 Å². The third kappa shape index (κ3) is 4.14. The lowest BCUT2D eigenvalue weighted by Crippen LogP contribution is -2.19. The summed E-state index contributed by atoms with van der Waals surface area (Å²) in [6.45, 7) is 1.02. The number of nitrogens with one attached hydrogen (secondary N) is 1. The molecule has 9 heteroatoms. The minimum atomic E-state index is -4.02. The van der Waals surface area contributed by atoms with Crippen molar-refractivity contribution in [1.82, 2.24) is 4.98 Å². The molecular weight excluding hydrogens is 419 g/mol. The molecule has 2 heterocycles.